The number of aromatic nitrogens is 4. The molecule has 0 saturated heterocycles. The summed E-state index contributed by atoms with van der Waals surface area (Å²) in [5.74, 6) is 1.71. The Labute approximate surface area is 140 Å². The fourth-order valence-corrected chi connectivity index (χ4v) is 2.88. The van der Waals surface area contributed by atoms with Gasteiger partial charge in [-0.2, -0.15) is 5.10 Å². The Hall–Kier alpha value is -3.15. The molecule has 1 aliphatic rings. The lowest BCUT2D eigenvalue weighted by molar-refractivity contribution is 0.788. The summed E-state index contributed by atoms with van der Waals surface area (Å²) in [4.78, 5) is 8.84. The van der Waals surface area contributed by atoms with Crippen LogP contribution in [-0.2, 0) is 0 Å². The molecule has 0 aliphatic carbocycles. The second-order valence-electron chi connectivity index (χ2n) is 5.76. The first-order chi connectivity index (χ1) is 11.7. The first-order valence-electron chi connectivity index (χ1n) is 7.86. The Morgan fingerprint density at radius 1 is 0.958 bits per heavy atom. The highest BCUT2D eigenvalue weighted by Gasteiger charge is 2.24. The largest absolute Gasteiger partial charge is 0.301 e. The second-order valence-corrected chi connectivity index (χ2v) is 5.76. The maximum Gasteiger partial charge on any atom is 0.153 e. The number of hydrazine groups is 1. The van der Waals surface area contributed by atoms with Crippen molar-refractivity contribution in [2.75, 3.05) is 11.6 Å². The zero-order valence-electron chi connectivity index (χ0n) is 13.6. The van der Waals surface area contributed by atoms with Crippen LogP contribution in [0.1, 0.15) is 18.3 Å². The fourth-order valence-electron chi connectivity index (χ4n) is 2.88. The molecule has 3 aromatic heterocycles. The standard InChI is InChI=1S/C18H18N6/c1-13-11-16(24(21-13)18-8-4-6-10-20-18)15-12-23(22-14(15)2)17-7-3-5-9-19-17/h3-11,22H,12H2,1-2H3. The number of pyridine rings is 2. The van der Waals surface area contributed by atoms with E-state index in [2.05, 4.69) is 33.5 Å². The van der Waals surface area contributed by atoms with E-state index in [0.29, 0.717) is 0 Å². The molecule has 24 heavy (non-hydrogen) atoms. The molecule has 0 unspecified atom stereocenters. The van der Waals surface area contributed by atoms with Crippen LogP contribution in [-0.4, -0.2) is 26.3 Å². The number of hydrogen-bond acceptors (Lipinski definition) is 5. The molecule has 120 valence electrons. The van der Waals surface area contributed by atoms with Gasteiger partial charge in [-0.1, -0.05) is 12.1 Å². The van der Waals surface area contributed by atoms with Crippen molar-refractivity contribution in [2.45, 2.75) is 13.8 Å². The molecule has 0 radical (unpaired) electrons. The molecule has 6 nitrogen and oxygen atoms in total. The summed E-state index contributed by atoms with van der Waals surface area (Å²) < 4.78 is 1.90. The normalized spacial score (nSPS) is 14.2. The third kappa shape index (κ3) is 2.52. The monoisotopic (exact) mass is 318 g/mol. The van der Waals surface area contributed by atoms with Gasteiger partial charge in [0, 0.05) is 23.7 Å². The Balaban J connectivity index is 1.71. The van der Waals surface area contributed by atoms with Crippen LogP contribution in [0.3, 0.4) is 0 Å². The van der Waals surface area contributed by atoms with Crippen LogP contribution in [0.4, 0.5) is 5.82 Å². The van der Waals surface area contributed by atoms with Crippen LogP contribution < -0.4 is 10.4 Å². The molecule has 0 fully saturated rings. The molecule has 1 aliphatic heterocycles. The van der Waals surface area contributed by atoms with E-state index in [1.807, 2.05) is 53.0 Å². The zero-order valence-corrected chi connectivity index (χ0v) is 13.6. The number of nitrogens with one attached hydrogen (secondary N) is 1. The molecule has 0 aromatic carbocycles. The van der Waals surface area contributed by atoms with E-state index in [1.165, 1.54) is 5.57 Å². The molecule has 0 spiro atoms. The Bertz CT molecular complexity index is 882. The minimum Gasteiger partial charge on any atom is -0.301 e. The lowest BCUT2D eigenvalue weighted by Gasteiger charge is -2.18. The molecule has 6 heteroatoms. The summed E-state index contributed by atoms with van der Waals surface area (Å²) in [6.45, 7) is 4.79. The van der Waals surface area contributed by atoms with E-state index in [-0.39, 0.29) is 0 Å². The number of allylic oxidation sites excluding steroid dienone is 1. The average molecular weight is 318 g/mol. The van der Waals surface area contributed by atoms with Crippen LogP contribution in [0.25, 0.3) is 11.4 Å². The summed E-state index contributed by atoms with van der Waals surface area (Å²) in [5.41, 5.74) is 7.69. The van der Waals surface area contributed by atoms with E-state index < -0.39 is 0 Å². The van der Waals surface area contributed by atoms with Gasteiger partial charge in [0.1, 0.15) is 5.82 Å². The molecule has 0 atom stereocenters. The number of aryl methyl sites for hydroxylation is 1. The van der Waals surface area contributed by atoms with Gasteiger partial charge in [-0.15, -0.1) is 0 Å². The molecule has 0 saturated carbocycles. The average Bonchev–Trinajstić information content (AvgIpc) is 3.19. The minimum absolute atomic E-state index is 0.723. The highest BCUT2D eigenvalue weighted by Crippen LogP contribution is 2.28. The van der Waals surface area contributed by atoms with Crippen LogP contribution in [0.5, 0.6) is 0 Å². The SMILES string of the molecule is CC1=C(c2cc(C)nn2-c2ccccn2)CN(c2ccccn2)N1. The molecule has 4 heterocycles. The predicted molar refractivity (Wildman–Crippen MR) is 93.4 cm³/mol. The molecule has 0 amide bonds. The van der Waals surface area contributed by atoms with Gasteiger partial charge in [-0.3, -0.25) is 5.01 Å². The van der Waals surface area contributed by atoms with Crippen molar-refractivity contribution in [1.82, 2.24) is 25.2 Å². The van der Waals surface area contributed by atoms with E-state index in [9.17, 15) is 0 Å². The topological polar surface area (TPSA) is 58.9 Å². The van der Waals surface area contributed by atoms with Gasteiger partial charge >= 0.3 is 0 Å². The lowest BCUT2D eigenvalue weighted by Crippen LogP contribution is -2.32. The van der Waals surface area contributed by atoms with Crippen molar-refractivity contribution in [3.05, 3.63) is 71.9 Å². The fraction of sp³-hybridized carbons (Fsp3) is 0.167. The van der Waals surface area contributed by atoms with Gasteiger partial charge in [0.2, 0.25) is 0 Å². The van der Waals surface area contributed by atoms with Crippen LogP contribution >= 0.6 is 0 Å². The molecular weight excluding hydrogens is 300 g/mol. The number of nitrogens with zero attached hydrogens (tertiary/aromatic N) is 5. The molecule has 0 bridgehead atoms. The second kappa shape index (κ2) is 5.81. The van der Waals surface area contributed by atoms with E-state index in [0.717, 1.165) is 35.3 Å². The Kier molecular flexibility index (Phi) is 3.49. The van der Waals surface area contributed by atoms with Gasteiger partial charge in [0.05, 0.1) is 17.9 Å². The molecular formula is C18H18N6. The van der Waals surface area contributed by atoms with Gasteiger partial charge in [-0.05, 0) is 44.2 Å². The first kappa shape index (κ1) is 14.4. The lowest BCUT2D eigenvalue weighted by atomic mass is 10.1. The molecule has 3 aromatic rings. The highest BCUT2D eigenvalue weighted by atomic mass is 15.5. The highest BCUT2D eigenvalue weighted by molar-refractivity contribution is 5.74. The van der Waals surface area contributed by atoms with Crippen molar-refractivity contribution in [3.63, 3.8) is 0 Å². The quantitative estimate of drug-likeness (QED) is 0.804. The van der Waals surface area contributed by atoms with E-state index >= 15 is 0 Å². The van der Waals surface area contributed by atoms with Crippen molar-refractivity contribution in [2.24, 2.45) is 0 Å². The summed E-state index contributed by atoms with van der Waals surface area (Å²) in [6, 6.07) is 13.8. The number of rotatable bonds is 3. The summed E-state index contributed by atoms with van der Waals surface area (Å²) in [7, 11) is 0. The van der Waals surface area contributed by atoms with Crippen molar-refractivity contribution in [3.8, 4) is 5.82 Å². The van der Waals surface area contributed by atoms with Crippen LogP contribution in [0, 0.1) is 6.92 Å². The van der Waals surface area contributed by atoms with Crippen LogP contribution in [0.15, 0.2) is 60.6 Å². The van der Waals surface area contributed by atoms with Gasteiger partial charge in [0.25, 0.3) is 0 Å². The van der Waals surface area contributed by atoms with E-state index in [4.69, 9.17) is 0 Å². The van der Waals surface area contributed by atoms with Crippen LogP contribution in [0.2, 0.25) is 0 Å². The third-order valence-electron chi connectivity index (χ3n) is 4.00. The molecule has 1 N–H and O–H groups in total. The van der Waals surface area contributed by atoms with Gasteiger partial charge in [0.15, 0.2) is 5.82 Å². The first-order valence-corrected chi connectivity index (χ1v) is 7.86. The number of hydrogen-bond donors (Lipinski definition) is 1. The van der Waals surface area contributed by atoms with Crippen molar-refractivity contribution >= 4 is 11.4 Å². The summed E-state index contributed by atoms with van der Waals surface area (Å²) >= 11 is 0. The Morgan fingerprint density at radius 2 is 1.67 bits per heavy atom. The van der Waals surface area contributed by atoms with Gasteiger partial charge < -0.3 is 5.43 Å². The minimum atomic E-state index is 0.723. The summed E-state index contributed by atoms with van der Waals surface area (Å²) in [5, 5.41) is 6.65. The summed E-state index contributed by atoms with van der Waals surface area (Å²) in [6.07, 6.45) is 3.58. The van der Waals surface area contributed by atoms with E-state index in [1.54, 1.807) is 12.4 Å². The smallest absolute Gasteiger partial charge is 0.153 e. The number of anilines is 1. The maximum absolute atomic E-state index is 4.62. The van der Waals surface area contributed by atoms with Crippen molar-refractivity contribution in [1.29, 1.82) is 0 Å². The van der Waals surface area contributed by atoms with Crippen molar-refractivity contribution < 1.29 is 0 Å². The Morgan fingerprint density at radius 3 is 2.33 bits per heavy atom. The zero-order chi connectivity index (χ0) is 16.5. The third-order valence-corrected chi connectivity index (χ3v) is 4.00. The van der Waals surface area contributed by atoms with Gasteiger partial charge in [-0.25, -0.2) is 14.6 Å². The maximum atomic E-state index is 4.62. The molecule has 4 rings (SSSR count). The predicted octanol–water partition coefficient (Wildman–Crippen LogP) is 2.73.